The minimum atomic E-state index is 0.259. The van der Waals surface area contributed by atoms with E-state index in [1.807, 2.05) is 25.1 Å². The van der Waals surface area contributed by atoms with Gasteiger partial charge in [-0.25, -0.2) is 0 Å². The zero-order valence-corrected chi connectivity index (χ0v) is 11.8. The van der Waals surface area contributed by atoms with Gasteiger partial charge in [-0.2, -0.15) is 0 Å². The molecule has 0 saturated heterocycles. The van der Waals surface area contributed by atoms with Crippen LogP contribution >= 0.6 is 0 Å². The highest BCUT2D eigenvalue weighted by Crippen LogP contribution is 2.27. The van der Waals surface area contributed by atoms with Gasteiger partial charge in [-0.3, -0.25) is 0 Å². The molecule has 0 heterocycles. The van der Waals surface area contributed by atoms with Gasteiger partial charge in [-0.05, 0) is 25.5 Å². The zero-order valence-electron chi connectivity index (χ0n) is 11.8. The molecular formula is C14H24N2O2. The lowest BCUT2D eigenvalue weighted by atomic mass is 10.1. The molecule has 0 amide bonds. The molecular weight excluding hydrogens is 228 g/mol. The number of hydrogen-bond donors (Lipinski definition) is 1. The van der Waals surface area contributed by atoms with E-state index in [0.29, 0.717) is 13.2 Å². The Morgan fingerprint density at radius 1 is 1.28 bits per heavy atom. The molecule has 0 bridgehead atoms. The minimum absolute atomic E-state index is 0.259. The summed E-state index contributed by atoms with van der Waals surface area (Å²) < 4.78 is 10.4. The molecule has 0 aliphatic heterocycles. The maximum atomic E-state index is 6.17. The van der Waals surface area contributed by atoms with Crippen LogP contribution in [0, 0.1) is 6.92 Å². The molecule has 1 unspecified atom stereocenters. The van der Waals surface area contributed by atoms with E-state index in [1.165, 1.54) is 0 Å². The van der Waals surface area contributed by atoms with Crippen molar-refractivity contribution in [2.75, 3.05) is 44.6 Å². The van der Waals surface area contributed by atoms with Gasteiger partial charge in [0.05, 0.1) is 24.6 Å². The van der Waals surface area contributed by atoms with Crippen molar-refractivity contribution in [3.8, 4) is 0 Å². The smallest absolute Gasteiger partial charge is 0.0663 e. The second-order valence-electron chi connectivity index (χ2n) is 4.50. The molecule has 0 saturated carbocycles. The molecule has 0 aliphatic carbocycles. The standard InChI is InChI=1S/C14H24N2O2/c1-11-6-5-7-13(14(11)15)16(8-9-17-3)12(2)10-18-4/h5-7,12H,8-10,15H2,1-4H3. The van der Waals surface area contributed by atoms with Gasteiger partial charge >= 0.3 is 0 Å². The van der Waals surface area contributed by atoms with Crippen LogP contribution in [-0.2, 0) is 9.47 Å². The summed E-state index contributed by atoms with van der Waals surface area (Å²) in [5.41, 5.74) is 9.15. The van der Waals surface area contributed by atoms with Crippen LogP contribution in [0.25, 0.3) is 0 Å². The molecule has 2 N–H and O–H groups in total. The summed E-state index contributed by atoms with van der Waals surface area (Å²) in [6, 6.07) is 6.35. The second kappa shape index (κ2) is 7.24. The van der Waals surface area contributed by atoms with E-state index in [1.54, 1.807) is 14.2 Å². The van der Waals surface area contributed by atoms with Crippen LogP contribution in [-0.4, -0.2) is 40.0 Å². The summed E-state index contributed by atoms with van der Waals surface area (Å²) in [6.45, 7) is 6.28. The first-order valence-electron chi connectivity index (χ1n) is 6.21. The molecule has 1 atom stereocenters. The van der Waals surface area contributed by atoms with Gasteiger partial charge in [0.2, 0.25) is 0 Å². The number of anilines is 2. The third kappa shape index (κ3) is 3.62. The van der Waals surface area contributed by atoms with Gasteiger partial charge in [0.15, 0.2) is 0 Å². The van der Waals surface area contributed by atoms with Gasteiger partial charge < -0.3 is 20.1 Å². The Morgan fingerprint density at radius 3 is 2.61 bits per heavy atom. The van der Waals surface area contributed by atoms with Crippen molar-refractivity contribution in [3.63, 3.8) is 0 Å². The number of nitrogens with two attached hydrogens (primary N) is 1. The Hall–Kier alpha value is -1.26. The molecule has 102 valence electrons. The SMILES string of the molecule is COCCN(c1cccc(C)c1N)C(C)COC. The Balaban J connectivity index is 2.97. The fourth-order valence-electron chi connectivity index (χ4n) is 2.01. The first kappa shape index (κ1) is 14.8. The fourth-order valence-corrected chi connectivity index (χ4v) is 2.01. The molecule has 1 aromatic rings. The highest BCUT2D eigenvalue weighted by molar-refractivity contribution is 5.71. The van der Waals surface area contributed by atoms with Gasteiger partial charge in [0.25, 0.3) is 0 Å². The van der Waals surface area contributed by atoms with Crippen molar-refractivity contribution in [2.45, 2.75) is 19.9 Å². The maximum absolute atomic E-state index is 6.17. The predicted molar refractivity (Wildman–Crippen MR) is 76.2 cm³/mol. The first-order chi connectivity index (χ1) is 8.61. The molecule has 0 aromatic heterocycles. The van der Waals surface area contributed by atoms with Crippen LogP contribution in [0.5, 0.6) is 0 Å². The maximum Gasteiger partial charge on any atom is 0.0663 e. The highest BCUT2D eigenvalue weighted by Gasteiger charge is 2.17. The van der Waals surface area contributed by atoms with Crippen molar-refractivity contribution < 1.29 is 9.47 Å². The van der Waals surface area contributed by atoms with Crippen LogP contribution < -0.4 is 10.6 Å². The number of nitrogens with zero attached hydrogens (tertiary/aromatic N) is 1. The molecule has 1 aromatic carbocycles. The van der Waals surface area contributed by atoms with E-state index in [2.05, 4.69) is 11.8 Å². The van der Waals surface area contributed by atoms with E-state index in [-0.39, 0.29) is 6.04 Å². The Bertz CT molecular complexity index is 369. The van der Waals surface area contributed by atoms with E-state index < -0.39 is 0 Å². The number of hydrogen-bond acceptors (Lipinski definition) is 4. The van der Waals surface area contributed by atoms with Crippen LogP contribution in [0.3, 0.4) is 0 Å². The quantitative estimate of drug-likeness (QED) is 0.755. The average molecular weight is 252 g/mol. The number of para-hydroxylation sites is 1. The molecule has 0 spiro atoms. The topological polar surface area (TPSA) is 47.7 Å². The third-order valence-electron chi connectivity index (χ3n) is 3.09. The van der Waals surface area contributed by atoms with Crippen LogP contribution in [0.1, 0.15) is 12.5 Å². The monoisotopic (exact) mass is 252 g/mol. The minimum Gasteiger partial charge on any atom is -0.397 e. The van der Waals surface area contributed by atoms with Crippen LogP contribution in [0.15, 0.2) is 18.2 Å². The summed E-state index contributed by atoms with van der Waals surface area (Å²) in [6.07, 6.45) is 0. The summed E-state index contributed by atoms with van der Waals surface area (Å²) in [4.78, 5) is 2.23. The number of aryl methyl sites for hydroxylation is 1. The van der Waals surface area contributed by atoms with Gasteiger partial charge in [0, 0.05) is 26.8 Å². The molecule has 4 heteroatoms. The summed E-state index contributed by atoms with van der Waals surface area (Å²) in [7, 11) is 3.42. The van der Waals surface area contributed by atoms with E-state index >= 15 is 0 Å². The molecule has 0 radical (unpaired) electrons. The first-order valence-corrected chi connectivity index (χ1v) is 6.21. The fraction of sp³-hybridized carbons (Fsp3) is 0.571. The van der Waals surface area contributed by atoms with E-state index in [0.717, 1.165) is 23.5 Å². The number of nitrogen functional groups attached to an aromatic ring is 1. The second-order valence-corrected chi connectivity index (χ2v) is 4.50. The Labute approximate surface area is 110 Å². The number of methoxy groups -OCH3 is 2. The van der Waals surface area contributed by atoms with Gasteiger partial charge in [0.1, 0.15) is 0 Å². The predicted octanol–water partition coefficient (Wildman–Crippen LogP) is 2.06. The van der Waals surface area contributed by atoms with Crippen molar-refractivity contribution in [2.24, 2.45) is 0 Å². The normalized spacial score (nSPS) is 12.4. The van der Waals surface area contributed by atoms with E-state index in [4.69, 9.17) is 15.2 Å². The summed E-state index contributed by atoms with van der Waals surface area (Å²) in [5.74, 6) is 0. The summed E-state index contributed by atoms with van der Waals surface area (Å²) >= 11 is 0. The van der Waals surface area contributed by atoms with E-state index in [9.17, 15) is 0 Å². The Kier molecular flexibility index (Phi) is 5.95. The number of rotatable bonds is 7. The van der Waals surface area contributed by atoms with Crippen LogP contribution in [0.4, 0.5) is 11.4 Å². The lowest BCUT2D eigenvalue weighted by molar-refractivity contribution is 0.171. The van der Waals surface area contributed by atoms with Crippen LogP contribution in [0.2, 0.25) is 0 Å². The van der Waals surface area contributed by atoms with Gasteiger partial charge in [-0.15, -0.1) is 0 Å². The molecule has 18 heavy (non-hydrogen) atoms. The largest absolute Gasteiger partial charge is 0.397 e. The Morgan fingerprint density at radius 2 is 2.00 bits per heavy atom. The van der Waals surface area contributed by atoms with Crippen molar-refractivity contribution in [3.05, 3.63) is 23.8 Å². The van der Waals surface area contributed by atoms with Crippen molar-refractivity contribution in [1.82, 2.24) is 0 Å². The number of benzene rings is 1. The average Bonchev–Trinajstić information content (AvgIpc) is 2.35. The van der Waals surface area contributed by atoms with Gasteiger partial charge in [-0.1, -0.05) is 12.1 Å². The third-order valence-corrected chi connectivity index (χ3v) is 3.09. The van der Waals surface area contributed by atoms with Crippen molar-refractivity contribution >= 4 is 11.4 Å². The van der Waals surface area contributed by atoms with Crippen molar-refractivity contribution in [1.29, 1.82) is 0 Å². The lowest BCUT2D eigenvalue weighted by Crippen LogP contribution is -2.39. The number of ether oxygens (including phenoxy) is 2. The molecule has 0 aliphatic rings. The molecule has 4 nitrogen and oxygen atoms in total. The lowest BCUT2D eigenvalue weighted by Gasteiger charge is -2.32. The molecule has 1 rings (SSSR count). The highest BCUT2D eigenvalue weighted by atomic mass is 16.5. The summed E-state index contributed by atoms with van der Waals surface area (Å²) in [5, 5.41) is 0. The zero-order chi connectivity index (χ0) is 13.5. The molecule has 0 fully saturated rings.